The lowest BCUT2D eigenvalue weighted by atomic mass is 10.1. The van der Waals surface area contributed by atoms with Crippen molar-refractivity contribution in [2.75, 3.05) is 13.7 Å². The molecule has 0 aromatic heterocycles. The van der Waals surface area contributed by atoms with E-state index >= 15 is 0 Å². The summed E-state index contributed by atoms with van der Waals surface area (Å²) in [5.74, 6) is 0. The summed E-state index contributed by atoms with van der Waals surface area (Å²) in [7, 11) is 1.74. The molecule has 0 rings (SSSR count). The average Bonchev–Trinajstić information content (AvgIpc) is 1.97. The van der Waals surface area contributed by atoms with Crippen LogP contribution in [0.4, 0.5) is 0 Å². The minimum absolute atomic E-state index is 0.542. The second kappa shape index (κ2) is 7.42. The highest BCUT2D eigenvalue weighted by atomic mass is 32.1. The zero-order chi connectivity index (χ0) is 7.82. The van der Waals surface area contributed by atoms with Gasteiger partial charge in [-0.15, -0.1) is 0 Å². The lowest BCUT2D eigenvalue weighted by Crippen LogP contribution is -2.02. The molecule has 2 heteroatoms. The Hall–Kier alpha value is 0.310. The normalized spacial score (nSPS) is 13.5. The monoisotopic (exact) mass is 162 g/mol. The van der Waals surface area contributed by atoms with Crippen molar-refractivity contribution >= 4 is 12.6 Å². The van der Waals surface area contributed by atoms with Gasteiger partial charge in [0, 0.05) is 19.0 Å². The van der Waals surface area contributed by atoms with E-state index in [0.717, 1.165) is 13.0 Å². The van der Waals surface area contributed by atoms with Crippen LogP contribution >= 0.6 is 12.6 Å². The maximum absolute atomic E-state index is 4.94. The maximum Gasteiger partial charge on any atom is 0.0472 e. The van der Waals surface area contributed by atoms with Crippen LogP contribution in [0, 0.1) is 0 Å². The van der Waals surface area contributed by atoms with E-state index in [1.165, 1.54) is 19.3 Å². The van der Waals surface area contributed by atoms with Crippen LogP contribution in [0.1, 0.15) is 32.6 Å². The van der Waals surface area contributed by atoms with Gasteiger partial charge in [0.2, 0.25) is 0 Å². The Morgan fingerprint density at radius 1 is 1.40 bits per heavy atom. The summed E-state index contributed by atoms with van der Waals surface area (Å²) < 4.78 is 4.94. The minimum Gasteiger partial charge on any atom is -0.385 e. The molecule has 10 heavy (non-hydrogen) atoms. The molecule has 0 heterocycles. The van der Waals surface area contributed by atoms with Gasteiger partial charge in [-0.05, 0) is 12.8 Å². The van der Waals surface area contributed by atoms with Crippen molar-refractivity contribution in [1.29, 1.82) is 0 Å². The van der Waals surface area contributed by atoms with E-state index in [-0.39, 0.29) is 0 Å². The Morgan fingerprint density at radius 3 is 2.60 bits per heavy atom. The molecule has 0 aliphatic rings. The highest BCUT2D eigenvalue weighted by molar-refractivity contribution is 7.80. The van der Waals surface area contributed by atoms with Crippen molar-refractivity contribution < 1.29 is 4.74 Å². The molecule has 0 radical (unpaired) electrons. The molecule has 0 N–H and O–H groups in total. The zero-order valence-electron chi connectivity index (χ0n) is 6.97. The molecule has 62 valence electrons. The molecular weight excluding hydrogens is 144 g/mol. The average molecular weight is 162 g/mol. The smallest absolute Gasteiger partial charge is 0.0472 e. The first-order valence-electron chi connectivity index (χ1n) is 3.98. The van der Waals surface area contributed by atoms with Crippen molar-refractivity contribution in [3.63, 3.8) is 0 Å². The fourth-order valence-electron chi connectivity index (χ4n) is 0.838. The van der Waals surface area contributed by atoms with Crippen LogP contribution in [0.5, 0.6) is 0 Å². The summed E-state index contributed by atoms with van der Waals surface area (Å²) in [6.45, 7) is 3.05. The molecule has 1 atom stereocenters. The van der Waals surface area contributed by atoms with Crippen molar-refractivity contribution in [2.45, 2.75) is 37.9 Å². The highest BCUT2D eigenvalue weighted by Crippen LogP contribution is 2.10. The zero-order valence-corrected chi connectivity index (χ0v) is 7.86. The second-order valence-corrected chi connectivity index (χ2v) is 3.31. The molecule has 0 amide bonds. The van der Waals surface area contributed by atoms with Gasteiger partial charge >= 0.3 is 0 Å². The molecule has 0 aliphatic heterocycles. The van der Waals surface area contributed by atoms with Gasteiger partial charge in [-0.2, -0.15) is 12.6 Å². The van der Waals surface area contributed by atoms with Gasteiger partial charge in [-0.3, -0.25) is 0 Å². The number of rotatable bonds is 6. The summed E-state index contributed by atoms with van der Waals surface area (Å²) in [6.07, 6.45) is 4.87. The van der Waals surface area contributed by atoms with Gasteiger partial charge in [0.15, 0.2) is 0 Å². The molecule has 0 aliphatic carbocycles. The highest BCUT2D eigenvalue weighted by Gasteiger charge is 2.00. The van der Waals surface area contributed by atoms with Crippen LogP contribution in [0.25, 0.3) is 0 Å². The number of methoxy groups -OCH3 is 1. The lowest BCUT2D eigenvalue weighted by molar-refractivity contribution is 0.193. The summed E-state index contributed by atoms with van der Waals surface area (Å²) in [6, 6.07) is 0. The van der Waals surface area contributed by atoms with E-state index < -0.39 is 0 Å². The lowest BCUT2D eigenvalue weighted by Gasteiger charge is -2.07. The van der Waals surface area contributed by atoms with Gasteiger partial charge < -0.3 is 4.74 Å². The number of hydrogen-bond acceptors (Lipinski definition) is 2. The minimum atomic E-state index is 0.542. The van der Waals surface area contributed by atoms with Crippen LogP contribution in [0.2, 0.25) is 0 Å². The largest absolute Gasteiger partial charge is 0.385 e. The summed E-state index contributed by atoms with van der Waals surface area (Å²) >= 11 is 4.42. The van der Waals surface area contributed by atoms with Crippen LogP contribution in [-0.2, 0) is 4.74 Å². The predicted molar refractivity (Wildman–Crippen MR) is 48.8 cm³/mol. The van der Waals surface area contributed by atoms with E-state index in [1.54, 1.807) is 7.11 Å². The van der Waals surface area contributed by atoms with Crippen LogP contribution in [-0.4, -0.2) is 19.0 Å². The van der Waals surface area contributed by atoms with Gasteiger partial charge in [0.1, 0.15) is 0 Å². The van der Waals surface area contributed by atoms with Crippen LogP contribution in [0.15, 0.2) is 0 Å². The third-order valence-corrected chi connectivity index (χ3v) is 2.06. The van der Waals surface area contributed by atoms with Crippen LogP contribution in [0.3, 0.4) is 0 Å². The van der Waals surface area contributed by atoms with E-state index in [0.29, 0.717) is 5.25 Å². The number of ether oxygens (including phenoxy) is 1. The van der Waals surface area contributed by atoms with Crippen LogP contribution < -0.4 is 0 Å². The van der Waals surface area contributed by atoms with Crippen molar-refractivity contribution in [1.82, 2.24) is 0 Å². The third kappa shape index (κ3) is 6.43. The van der Waals surface area contributed by atoms with Crippen molar-refractivity contribution in [2.24, 2.45) is 0 Å². The molecule has 0 fully saturated rings. The fraction of sp³-hybridized carbons (Fsp3) is 1.00. The van der Waals surface area contributed by atoms with E-state index in [4.69, 9.17) is 4.74 Å². The first kappa shape index (κ1) is 10.3. The van der Waals surface area contributed by atoms with Crippen molar-refractivity contribution in [3.8, 4) is 0 Å². The summed E-state index contributed by atoms with van der Waals surface area (Å²) in [4.78, 5) is 0. The first-order chi connectivity index (χ1) is 4.81. The molecule has 1 nitrogen and oxygen atoms in total. The topological polar surface area (TPSA) is 9.23 Å². The molecule has 0 unspecified atom stereocenters. The van der Waals surface area contributed by atoms with Gasteiger partial charge in [0.05, 0.1) is 0 Å². The Balaban J connectivity index is 3.00. The Kier molecular flexibility index (Phi) is 7.65. The quantitative estimate of drug-likeness (QED) is 0.590. The number of thiol groups is 1. The SMILES string of the molecule is CCCC[C@@H](S)CCOC. The summed E-state index contributed by atoms with van der Waals surface area (Å²) in [5, 5.41) is 0.542. The van der Waals surface area contributed by atoms with Gasteiger partial charge in [0.25, 0.3) is 0 Å². The Bertz CT molecular complexity index is 58.3. The first-order valence-corrected chi connectivity index (χ1v) is 4.50. The fourth-order valence-corrected chi connectivity index (χ4v) is 1.13. The van der Waals surface area contributed by atoms with Crippen molar-refractivity contribution in [3.05, 3.63) is 0 Å². The standard InChI is InChI=1S/C8H18OS/c1-3-4-5-8(10)6-7-9-2/h8,10H,3-7H2,1-2H3/t8-/m1/s1. The van der Waals surface area contributed by atoms with Gasteiger partial charge in [-0.25, -0.2) is 0 Å². The molecule has 0 aromatic carbocycles. The maximum atomic E-state index is 4.94. The third-order valence-electron chi connectivity index (χ3n) is 1.55. The number of hydrogen-bond donors (Lipinski definition) is 1. The summed E-state index contributed by atoms with van der Waals surface area (Å²) in [5.41, 5.74) is 0. The molecule has 0 saturated heterocycles. The molecule has 0 saturated carbocycles. The molecule has 0 aromatic rings. The van der Waals surface area contributed by atoms with E-state index in [9.17, 15) is 0 Å². The molecular formula is C8H18OS. The van der Waals surface area contributed by atoms with E-state index in [1.807, 2.05) is 0 Å². The predicted octanol–water partition coefficient (Wildman–Crippen LogP) is 2.51. The molecule has 0 bridgehead atoms. The molecule has 0 spiro atoms. The second-order valence-electron chi connectivity index (χ2n) is 2.58. The van der Waals surface area contributed by atoms with E-state index in [2.05, 4.69) is 19.6 Å². The number of unbranched alkanes of at least 4 members (excludes halogenated alkanes) is 1. The Morgan fingerprint density at radius 2 is 2.10 bits per heavy atom. The Labute approximate surface area is 69.6 Å². The van der Waals surface area contributed by atoms with Gasteiger partial charge in [-0.1, -0.05) is 19.8 Å².